The van der Waals surface area contributed by atoms with Crippen LogP contribution in [-0.4, -0.2) is 27.3 Å². The number of hydrogen-bond donors (Lipinski definition) is 1. The number of hydrogen-bond acceptors (Lipinski definition) is 3. The van der Waals surface area contributed by atoms with Crippen LogP contribution in [0, 0.1) is 0 Å². The molecule has 4 nitrogen and oxygen atoms in total. The molecule has 110 valence electrons. The second-order valence-electron chi connectivity index (χ2n) is 5.49. The highest BCUT2D eigenvalue weighted by molar-refractivity contribution is 6.21. The van der Waals surface area contributed by atoms with Gasteiger partial charge in [0.2, 0.25) is 0 Å². The predicted molar refractivity (Wildman–Crippen MR) is 83.5 cm³/mol. The summed E-state index contributed by atoms with van der Waals surface area (Å²) in [5, 5.41) is 3.10. The second-order valence-corrected chi connectivity index (χ2v) is 6.05. The van der Waals surface area contributed by atoms with E-state index >= 15 is 0 Å². The number of benzene rings is 1. The molecule has 1 N–H and O–H groups in total. The van der Waals surface area contributed by atoms with Gasteiger partial charge in [0.25, 0.3) is 5.91 Å². The number of alkyl halides is 1. The van der Waals surface area contributed by atoms with Gasteiger partial charge in [0.15, 0.2) is 0 Å². The fourth-order valence-corrected chi connectivity index (χ4v) is 3.12. The van der Waals surface area contributed by atoms with E-state index in [9.17, 15) is 4.79 Å². The van der Waals surface area contributed by atoms with Gasteiger partial charge in [-0.1, -0.05) is 19.3 Å². The van der Waals surface area contributed by atoms with Gasteiger partial charge < -0.3 is 5.32 Å². The number of nitrogens with zero attached hydrogens (tertiary/aromatic N) is 2. The van der Waals surface area contributed by atoms with E-state index in [1.54, 1.807) is 24.5 Å². The Hall–Kier alpha value is -1.68. The Labute approximate surface area is 128 Å². The molecule has 1 fully saturated rings. The average molecular weight is 304 g/mol. The number of carbonyl (C=O) groups excluding carboxylic acids is 1. The summed E-state index contributed by atoms with van der Waals surface area (Å²) in [5.41, 5.74) is 2.13. The number of aromatic nitrogens is 2. The summed E-state index contributed by atoms with van der Waals surface area (Å²) < 4.78 is 0. The topological polar surface area (TPSA) is 54.9 Å². The van der Waals surface area contributed by atoms with Crippen molar-refractivity contribution < 1.29 is 4.79 Å². The van der Waals surface area contributed by atoms with Crippen LogP contribution in [0.1, 0.15) is 42.5 Å². The summed E-state index contributed by atoms with van der Waals surface area (Å²) in [7, 11) is 0. The molecule has 1 amide bonds. The van der Waals surface area contributed by atoms with E-state index in [4.69, 9.17) is 11.6 Å². The zero-order chi connectivity index (χ0) is 14.7. The Morgan fingerprint density at radius 2 is 1.86 bits per heavy atom. The number of amides is 1. The molecule has 0 radical (unpaired) electrons. The quantitative estimate of drug-likeness (QED) is 0.684. The van der Waals surface area contributed by atoms with Gasteiger partial charge in [0, 0.05) is 24.0 Å². The lowest BCUT2D eigenvalue weighted by Crippen LogP contribution is -2.40. The van der Waals surface area contributed by atoms with Crippen molar-refractivity contribution in [3.63, 3.8) is 0 Å². The van der Waals surface area contributed by atoms with Gasteiger partial charge in [-0.2, -0.15) is 0 Å². The molecule has 5 heteroatoms. The van der Waals surface area contributed by atoms with Gasteiger partial charge in [-0.05, 0) is 31.0 Å². The first-order valence-electron chi connectivity index (χ1n) is 7.40. The number of carbonyl (C=O) groups is 1. The molecule has 1 aromatic carbocycles. The second kappa shape index (κ2) is 6.39. The van der Waals surface area contributed by atoms with E-state index in [1.165, 1.54) is 6.42 Å². The maximum atomic E-state index is 12.4. The summed E-state index contributed by atoms with van der Waals surface area (Å²) in [6, 6.07) is 5.44. The minimum Gasteiger partial charge on any atom is -0.348 e. The van der Waals surface area contributed by atoms with Gasteiger partial charge in [-0.3, -0.25) is 14.8 Å². The Morgan fingerprint density at radius 3 is 2.71 bits per heavy atom. The molecule has 1 aromatic heterocycles. The van der Waals surface area contributed by atoms with Crippen molar-refractivity contribution in [1.29, 1.82) is 0 Å². The van der Waals surface area contributed by atoms with E-state index in [2.05, 4.69) is 15.3 Å². The van der Waals surface area contributed by atoms with Crippen molar-refractivity contribution in [2.45, 2.75) is 43.5 Å². The first-order chi connectivity index (χ1) is 10.2. The lowest BCUT2D eigenvalue weighted by Gasteiger charge is -2.21. The van der Waals surface area contributed by atoms with Crippen LogP contribution < -0.4 is 5.32 Å². The third kappa shape index (κ3) is 3.32. The molecule has 21 heavy (non-hydrogen) atoms. The van der Waals surface area contributed by atoms with Gasteiger partial charge in [-0.15, -0.1) is 11.6 Å². The minimum absolute atomic E-state index is 0.0247. The van der Waals surface area contributed by atoms with E-state index in [-0.39, 0.29) is 17.3 Å². The molecule has 2 unspecified atom stereocenters. The largest absolute Gasteiger partial charge is 0.348 e. The molecule has 0 bridgehead atoms. The van der Waals surface area contributed by atoms with Gasteiger partial charge in [0.05, 0.1) is 16.4 Å². The summed E-state index contributed by atoms with van der Waals surface area (Å²) in [5.74, 6) is -0.0832. The molecule has 0 saturated heterocycles. The smallest absolute Gasteiger partial charge is 0.251 e. The van der Waals surface area contributed by atoms with Crippen LogP contribution in [0.3, 0.4) is 0 Å². The lowest BCUT2D eigenvalue weighted by molar-refractivity contribution is 0.0934. The molecule has 2 aromatic rings. The molecule has 0 aliphatic heterocycles. The maximum Gasteiger partial charge on any atom is 0.251 e. The monoisotopic (exact) mass is 303 g/mol. The van der Waals surface area contributed by atoms with Crippen LogP contribution in [-0.2, 0) is 0 Å². The lowest BCUT2D eigenvalue weighted by atomic mass is 10.1. The van der Waals surface area contributed by atoms with E-state index in [0.717, 1.165) is 36.7 Å². The standard InChI is InChI=1S/C16H18ClN3O/c17-12-4-2-1-3-5-13(12)20-16(21)11-6-7-14-15(10-11)19-9-8-18-14/h6-10,12-13H,1-5H2,(H,20,21). The summed E-state index contributed by atoms with van der Waals surface area (Å²) in [6.07, 6.45) is 8.66. The number of rotatable bonds is 2. The summed E-state index contributed by atoms with van der Waals surface area (Å²) in [6.45, 7) is 0. The Kier molecular flexibility index (Phi) is 4.34. The number of nitrogens with one attached hydrogen (secondary N) is 1. The van der Waals surface area contributed by atoms with Crippen molar-refractivity contribution >= 4 is 28.5 Å². The molecular weight excluding hydrogens is 286 g/mol. The summed E-state index contributed by atoms with van der Waals surface area (Å²) >= 11 is 6.38. The van der Waals surface area contributed by atoms with Crippen molar-refractivity contribution in [3.8, 4) is 0 Å². The first kappa shape index (κ1) is 14.3. The highest BCUT2D eigenvalue weighted by Gasteiger charge is 2.23. The SMILES string of the molecule is O=C(NC1CCCCCC1Cl)c1ccc2nccnc2c1. The highest BCUT2D eigenvalue weighted by atomic mass is 35.5. The fourth-order valence-electron chi connectivity index (χ4n) is 2.78. The molecule has 2 atom stereocenters. The van der Waals surface area contributed by atoms with Crippen molar-refractivity contribution in [3.05, 3.63) is 36.2 Å². The molecule has 3 rings (SSSR count). The average Bonchev–Trinajstić information content (AvgIpc) is 2.72. The molecular formula is C16H18ClN3O. The molecule has 0 spiro atoms. The third-order valence-corrected chi connectivity index (χ3v) is 4.50. The van der Waals surface area contributed by atoms with Gasteiger partial charge >= 0.3 is 0 Å². The van der Waals surface area contributed by atoms with Crippen molar-refractivity contribution in [2.24, 2.45) is 0 Å². The molecule has 1 aliphatic rings. The van der Waals surface area contributed by atoms with E-state index < -0.39 is 0 Å². The normalized spacial score (nSPS) is 22.7. The Balaban J connectivity index is 1.76. The van der Waals surface area contributed by atoms with Gasteiger partial charge in [0.1, 0.15) is 0 Å². The van der Waals surface area contributed by atoms with Crippen LogP contribution in [0.5, 0.6) is 0 Å². The van der Waals surface area contributed by atoms with Crippen LogP contribution in [0.4, 0.5) is 0 Å². The maximum absolute atomic E-state index is 12.4. The van der Waals surface area contributed by atoms with Crippen LogP contribution >= 0.6 is 11.6 Å². The Morgan fingerprint density at radius 1 is 1.10 bits per heavy atom. The Bertz CT molecular complexity index is 646. The predicted octanol–water partition coefficient (Wildman–Crippen LogP) is 3.30. The zero-order valence-corrected chi connectivity index (χ0v) is 12.5. The summed E-state index contributed by atoms with van der Waals surface area (Å²) in [4.78, 5) is 20.8. The van der Waals surface area contributed by atoms with Crippen LogP contribution in [0.15, 0.2) is 30.6 Å². The van der Waals surface area contributed by atoms with Crippen LogP contribution in [0.25, 0.3) is 11.0 Å². The zero-order valence-electron chi connectivity index (χ0n) is 11.8. The van der Waals surface area contributed by atoms with E-state index in [1.807, 2.05) is 6.07 Å². The van der Waals surface area contributed by atoms with Crippen molar-refractivity contribution in [2.75, 3.05) is 0 Å². The van der Waals surface area contributed by atoms with Crippen molar-refractivity contribution in [1.82, 2.24) is 15.3 Å². The minimum atomic E-state index is -0.0832. The number of halogens is 1. The molecule has 1 heterocycles. The van der Waals surface area contributed by atoms with Crippen LogP contribution in [0.2, 0.25) is 0 Å². The highest BCUT2D eigenvalue weighted by Crippen LogP contribution is 2.22. The molecule has 1 aliphatic carbocycles. The van der Waals surface area contributed by atoms with E-state index in [0.29, 0.717) is 5.56 Å². The fraction of sp³-hybridized carbons (Fsp3) is 0.438. The van der Waals surface area contributed by atoms with Gasteiger partial charge in [-0.25, -0.2) is 0 Å². The number of fused-ring (bicyclic) bond motifs is 1. The third-order valence-electron chi connectivity index (χ3n) is 3.98. The molecule has 1 saturated carbocycles. The first-order valence-corrected chi connectivity index (χ1v) is 7.83.